The molecule has 1 aliphatic heterocycles. The Kier molecular flexibility index (Phi) is 6.95. The summed E-state index contributed by atoms with van der Waals surface area (Å²) in [7, 11) is 0. The highest BCUT2D eigenvalue weighted by molar-refractivity contribution is 8.18. The summed E-state index contributed by atoms with van der Waals surface area (Å²) in [4.78, 5) is 44.8. The summed E-state index contributed by atoms with van der Waals surface area (Å²) >= 11 is 6.39. The number of aromatic amines is 1. The van der Waals surface area contributed by atoms with Gasteiger partial charge in [0.15, 0.2) is 0 Å². The topological polar surface area (TPSA) is 121 Å². The van der Waals surface area contributed by atoms with Gasteiger partial charge in [-0.2, -0.15) is 18.3 Å². The predicted octanol–water partition coefficient (Wildman–Crippen LogP) is 5.21. The molecule has 0 saturated carbocycles. The predicted molar refractivity (Wildman–Crippen MR) is 137 cm³/mol. The number of thioether (sulfide) groups is 1. The Morgan fingerprint density at radius 1 is 1.18 bits per heavy atom. The maximum Gasteiger partial charge on any atom is 0.416 e. The minimum atomic E-state index is -4.59. The third-order valence-electron chi connectivity index (χ3n) is 6.05. The lowest BCUT2D eigenvalue weighted by molar-refractivity contribution is -0.145. The number of nitrogens with one attached hydrogen (secondary N) is 1. The average molecular weight is 576 g/mol. The third kappa shape index (κ3) is 5.40. The summed E-state index contributed by atoms with van der Waals surface area (Å²) < 4.78 is 41.9. The third-order valence-corrected chi connectivity index (χ3v) is 7.17. The number of halogens is 4. The Balaban J connectivity index is 1.40. The molecular formula is C25H17ClF3N5O4S. The number of carboxylic acid groups (broad SMARTS) is 1. The number of benzene rings is 2. The van der Waals surface area contributed by atoms with E-state index >= 15 is 0 Å². The molecule has 39 heavy (non-hydrogen) atoms. The quantitative estimate of drug-likeness (QED) is 0.290. The van der Waals surface area contributed by atoms with Crippen molar-refractivity contribution in [3.63, 3.8) is 0 Å². The summed E-state index contributed by atoms with van der Waals surface area (Å²) in [5.74, 6) is -2.08. The number of fused-ring (bicyclic) bond motifs is 1. The van der Waals surface area contributed by atoms with Crippen molar-refractivity contribution < 1.29 is 32.7 Å². The molecule has 1 saturated heterocycles. The first-order valence-corrected chi connectivity index (χ1v) is 12.5. The number of carbonyl (C=O) groups is 3. The van der Waals surface area contributed by atoms with Gasteiger partial charge in [0.05, 0.1) is 35.1 Å². The van der Waals surface area contributed by atoms with Gasteiger partial charge in [0.2, 0.25) is 0 Å². The van der Waals surface area contributed by atoms with Gasteiger partial charge in [-0.05, 0) is 53.2 Å². The molecule has 1 unspecified atom stereocenters. The average Bonchev–Trinajstić information content (AvgIpc) is 3.59. The van der Waals surface area contributed by atoms with Gasteiger partial charge in [-0.1, -0.05) is 23.7 Å². The van der Waals surface area contributed by atoms with E-state index in [4.69, 9.17) is 11.6 Å². The minimum Gasteiger partial charge on any atom is -0.480 e. The standard InChI is InChI=1S/C25H17ClF3N5O4S/c26-16-3-2-14(18(7-16)25(27,28)29)11-33-19-4-1-13(5-15(19)9-32-33)6-21-22(35)34(24(38)39-21)20(23(36)37)8-17-10-30-12-31-17/h1-7,9-10,12,20H,8,11H2,(H,30,31)(H,36,37). The molecule has 2 amide bonds. The van der Waals surface area contributed by atoms with Crippen molar-refractivity contribution in [2.45, 2.75) is 25.2 Å². The number of carboxylic acids is 1. The van der Waals surface area contributed by atoms with Crippen LogP contribution in [0.15, 0.2) is 60.0 Å². The van der Waals surface area contributed by atoms with Crippen LogP contribution < -0.4 is 0 Å². The molecule has 0 bridgehead atoms. The molecule has 0 spiro atoms. The van der Waals surface area contributed by atoms with Crippen LogP contribution in [-0.4, -0.2) is 52.9 Å². The van der Waals surface area contributed by atoms with Crippen molar-refractivity contribution in [3.8, 4) is 0 Å². The first kappa shape index (κ1) is 26.5. The maximum atomic E-state index is 13.5. The van der Waals surface area contributed by atoms with Gasteiger partial charge in [-0.15, -0.1) is 0 Å². The molecule has 5 rings (SSSR count). The van der Waals surface area contributed by atoms with Crippen molar-refractivity contribution in [2.75, 3.05) is 0 Å². The monoisotopic (exact) mass is 575 g/mol. The number of amides is 2. The first-order valence-electron chi connectivity index (χ1n) is 11.3. The summed E-state index contributed by atoms with van der Waals surface area (Å²) in [5, 5.41) is 13.7. The fraction of sp³-hybridized carbons (Fsp3) is 0.160. The van der Waals surface area contributed by atoms with Gasteiger partial charge < -0.3 is 10.1 Å². The largest absolute Gasteiger partial charge is 0.480 e. The van der Waals surface area contributed by atoms with Crippen LogP contribution >= 0.6 is 23.4 Å². The van der Waals surface area contributed by atoms with Crippen LogP contribution in [0.5, 0.6) is 0 Å². The summed E-state index contributed by atoms with van der Waals surface area (Å²) in [6.45, 7) is -0.152. The fourth-order valence-corrected chi connectivity index (χ4v) is 5.28. The molecule has 2 N–H and O–H groups in total. The van der Waals surface area contributed by atoms with Crippen LogP contribution in [0.2, 0.25) is 5.02 Å². The van der Waals surface area contributed by atoms with E-state index in [1.165, 1.54) is 41.6 Å². The highest BCUT2D eigenvalue weighted by Crippen LogP contribution is 2.36. The smallest absolute Gasteiger partial charge is 0.416 e. The molecule has 1 aliphatic rings. The number of hydrogen-bond acceptors (Lipinski definition) is 6. The number of alkyl halides is 3. The van der Waals surface area contributed by atoms with Crippen molar-refractivity contribution in [2.24, 2.45) is 0 Å². The molecular weight excluding hydrogens is 559 g/mol. The number of rotatable bonds is 7. The zero-order chi connectivity index (χ0) is 27.9. The van der Waals surface area contributed by atoms with Gasteiger partial charge >= 0.3 is 12.1 Å². The number of aliphatic carboxylic acids is 1. The van der Waals surface area contributed by atoms with E-state index in [9.17, 15) is 32.7 Å². The molecule has 3 heterocycles. The maximum absolute atomic E-state index is 13.5. The highest BCUT2D eigenvalue weighted by Gasteiger charge is 2.43. The summed E-state index contributed by atoms with van der Waals surface area (Å²) in [6, 6.07) is 7.07. The first-order chi connectivity index (χ1) is 18.5. The molecule has 1 atom stereocenters. The van der Waals surface area contributed by atoms with Crippen molar-refractivity contribution in [1.82, 2.24) is 24.6 Å². The van der Waals surface area contributed by atoms with Crippen molar-refractivity contribution >= 4 is 57.5 Å². The van der Waals surface area contributed by atoms with E-state index in [1.807, 2.05) is 0 Å². The van der Waals surface area contributed by atoms with Crippen LogP contribution in [0.4, 0.5) is 18.0 Å². The van der Waals surface area contributed by atoms with Crippen LogP contribution in [0, 0.1) is 0 Å². The van der Waals surface area contributed by atoms with E-state index in [0.29, 0.717) is 38.8 Å². The Morgan fingerprint density at radius 2 is 1.97 bits per heavy atom. The van der Waals surface area contributed by atoms with Gasteiger partial charge in [-0.3, -0.25) is 19.2 Å². The number of imidazole rings is 1. The molecule has 0 aliphatic carbocycles. The van der Waals surface area contributed by atoms with Crippen LogP contribution in [0.1, 0.15) is 22.4 Å². The van der Waals surface area contributed by atoms with Crippen molar-refractivity contribution in [1.29, 1.82) is 0 Å². The second-order valence-corrected chi connectivity index (χ2v) is 10.0. The highest BCUT2D eigenvalue weighted by atomic mass is 35.5. The van der Waals surface area contributed by atoms with Gasteiger partial charge in [-0.25, -0.2) is 9.78 Å². The Hall–Kier alpha value is -4.10. The van der Waals surface area contributed by atoms with E-state index in [-0.39, 0.29) is 28.5 Å². The van der Waals surface area contributed by atoms with E-state index < -0.39 is 34.9 Å². The lowest BCUT2D eigenvalue weighted by atomic mass is 10.1. The van der Waals surface area contributed by atoms with Gasteiger partial charge in [0.25, 0.3) is 11.1 Å². The van der Waals surface area contributed by atoms with E-state index in [2.05, 4.69) is 15.1 Å². The van der Waals surface area contributed by atoms with E-state index in [0.717, 1.165) is 6.07 Å². The number of nitrogens with zero attached hydrogens (tertiary/aromatic N) is 4. The molecule has 4 aromatic rings. The number of H-pyrrole nitrogens is 1. The number of aromatic nitrogens is 4. The van der Waals surface area contributed by atoms with Crippen LogP contribution in [0.25, 0.3) is 17.0 Å². The number of carbonyl (C=O) groups excluding carboxylic acids is 2. The van der Waals surface area contributed by atoms with Gasteiger partial charge in [0, 0.05) is 28.7 Å². The lowest BCUT2D eigenvalue weighted by Crippen LogP contribution is -2.45. The van der Waals surface area contributed by atoms with Crippen LogP contribution in [-0.2, 0) is 28.7 Å². The Labute approximate surface area is 227 Å². The molecule has 9 nitrogen and oxygen atoms in total. The zero-order valence-corrected chi connectivity index (χ0v) is 21.2. The lowest BCUT2D eigenvalue weighted by Gasteiger charge is -2.20. The SMILES string of the molecule is O=C(O)C(Cc1cnc[nH]1)N1C(=O)SC(=Cc2ccc3c(cnn3Cc3ccc(Cl)cc3C(F)(F)F)c2)C1=O. The molecule has 2 aromatic carbocycles. The number of hydrogen-bond donors (Lipinski definition) is 2. The number of imide groups is 1. The molecule has 2 aromatic heterocycles. The second-order valence-electron chi connectivity index (χ2n) is 8.61. The Morgan fingerprint density at radius 3 is 2.67 bits per heavy atom. The zero-order valence-electron chi connectivity index (χ0n) is 19.6. The normalized spacial score (nSPS) is 16.0. The van der Waals surface area contributed by atoms with Crippen molar-refractivity contribution in [3.05, 3.63) is 87.4 Å². The summed E-state index contributed by atoms with van der Waals surface area (Å²) in [5.41, 5.74) is 0.675. The van der Waals surface area contributed by atoms with E-state index in [1.54, 1.807) is 18.2 Å². The fourth-order valence-electron chi connectivity index (χ4n) is 4.23. The second kappa shape index (κ2) is 10.2. The molecule has 0 radical (unpaired) electrons. The van der Waals surface area contributed by atoms with Crippen LogP contribution in [0.3, 0.4) is 0 Å². The molecule has 1 fully saturated rings. The molecule has 14 heteroatoms. The Bertz CT molecular complexity index is 1630. The molecule has 200 valence electrons. The minimum absolute atomic E-state index is 0.00207. The van der Waals surface area contributed by atoms with Gasteiger partial charge in [0.1, 0.15) is 6.04 Å². The summed E-state index contributed by atoms with van der Waals surface area (Å²) in [6.07, 6.45) is 0.999.